The summed E-state index contributed by atoms with van der Waals surface area (Å²) < 4.78 is 5.37. The zero-order chi connectivity index (χ0) is 9.14. The third-order valence-electron chi connectivity index (χ3n) is 1.92. The monoisotopic (exact) mass is 237 g/mol. The number of rotatable bonds is 1. The van der Waals surface area contributed by atoms with Crippen LogP contribution in [0.5, 0.6) is 0 Å². The number of hydrogen-bond acceptors (Lipinski definition) is 2. The van der Waals surface area contributed by atoms with Gasteiger partial charge in [-0.25, -0.2) is 4.79 Å². The Morgan fingerprint density at radius 2 is 2.50 bits per heavy atom. The molecule has 0 aromatic carbocycles. The SMILES string of the molecule is C[C@H]1CO[C@@H](CBr)CN1C(=O)O. The van der Waals surface area contributed by atoms with Crippen LogP contribution in [-0.4, -0.2) is 46.7 Å². The Morgan fingerprint density at radius 3 is 3.00 bits per heavy atom. The van der Waals surface area contributed by atoms with Crippen molar-refractivity contribution in [1.82, 2.24) is 4.90 Å². The molecular weight excluding hydrogens is 226 g/mol. The summed E-state index contributed by atoms with van der Waals surface area (Å²) in [6.45, 7) is 2.79. The lowest BCUT2D eigenvalue weighted by Crippen LogP contribution is -2.51. The largest absolute Gasteiger partial charge is 0.465 e. The van der Waals surface area contributed by atoms with Crippen molar-refractivity contribution in [2.24, 2.45) is 0 Å². The Morgan fingerprint density at radius 1 is 1.83 bits per heavy atom. The number of alkyl halides is 1. The summed E-state index contributed by atoms with van der Waals surface area (Å²) in [4.78, 5) is 12.1. The molecule has 1 saturated heterocycles. The molecule has 1 aliphatic rings. The molecule has 1 rings (SSSR count). The van der Waals surface area contributed by atoms with E-state index in [0.29, 0.717) is 18.5 Å². The number of carbonyl (C=O) groups is 1. The molecule has 1 aliphatic heterocycles. The van der Waals surface area contributed by atoms with Gasteiger partial charge in [-0.3, -0.25) is 0 Å². The van der Waals surface area contributed by atoms with Crippen molar-refractivity contribution in [2.75, 3.05) is 18.5 Å². The van der Waals surface area contributed by atoms with Gasteiger partial charge >= 0.3 is 6.09 Å². The first kappa shape index (κ1) is 9.80. The fraction of sp³-hybridized carbons (Fsp3) is 0.857. The van der Waals surface area contributed by atoms with Gasteiger partial charge in [-0.2, -0.15) is 0 Å². The number of nitrogens with zero attached hydrogens (tertiary/aromatic N) is 1. The molecule has 0 aromatic heterocycles. The van der Waals surface area contributed by atoms with Crippen LogP contribution in [0.1, 0.15) is 6.92 Å². The van der Waals surface area contributed by atoms with Gasteiger partial charge in [-0.05, 0) is 6.92 Å². The fourth-order valence-corrected chi connectivity index (χ4v) is 1.57. The van der Waals surface area contributed by atoms with E-state index in [9.17, 15) is 4.79 Å². The number of halogens is 1. The Hall–Kier alpha value is -0.290. The normalized spacial score (nSPS) is 30.3. The minimum atomic E-state index is -0.864. The molecule has 0 saturated carbocycles. The molecule has 1 heterocycles. The Bertz CT molecular complexity index is 176. The van der Waals surface area contributed by atoms with Crippen molar-refractivity contribution < 1.29 is 14.6 Å². The van der Waals surface area contributed by atoms with E-state index in [1.165, 1.54) is 4.90 Å². The van der Waals surface area contributed by atoms with Crippen molar-refractivity contribution in [3.05, 3.63) is 0 Å². The van der Waals surface area contributed by atoms with Crippen molar-refractivity contribution in [1.29, 1.82) is 0 Å². The van der Waals surface area contributed by atoms with Crippen LogP contribution in [0.25, 0.3) is 0 Å². The highest BCUT2D eigenvalue weighted by atomic mass is 79.9. The minimum absolute atomic E-state index is 0.00250. The number of amides is 1. The average molecular weight is 238 g/mol. The molecule has 4 nitrogen and oxygen atoms in total. The van der Waals surface area contributed by atoms with Gasteiger partial charge in [0.15, 0.2) is 0 Å². The molecule has 0 unspecified atom stereocenters. The Kier molecular flexibility index (Phi) is 3.34. The van der Waals surface area contributed by atoms with Crippen LogP contribution in [-0.2, 0) is 4.74 Å². The molecule has 0 spiro atoms. The number of morpholine rings is 1. The van der Waals surface area contributed by atoms with Crippen molar-refractivity contribution in [3.8, 4) is 0 Å². The van der Waals surface area contributed by atoms with Crippen LogP contribution in [0.15, 0.2) is 0 Å². The van der Waals surface area contributed by atoms with E-state index in [0.717, 1.165) is 0 Å². The van der Waals surface area contributed by atoms with E-state index >= 15 is 0 Å². The lowest BCUT2D eigenvalue weighted by molar-refractivity contribution is -0.0374. The van der Waals surface area contributed by atoms with Crippen LogP contribution in [0.4, 0.5) is 4.79 Å². The molecule has 1 N–H and O–H groups in total. The summed E-state index contributed by atoms with van der Waals surface area (Å²) in [5.74, 6) is 0. The molecule has 0 bridgehead atoms. The highest BCUT2D eigenvalue weighted by Crippen LogP contribution is 2.12. The van der Waals surface area contributed by atoms with Crippen molar-refractivity contribution in [3.63, 3.8) is 0 Å². The van der Waals surface area contributed by atoms with Crippen LogP contribution in [0.2, 0.25) is 0 Å². The maximum Gasteiger partial charge on any atom is 0.407 e. The smallest absolute Gasteiger partial charge is 0.407 e. The highest BCUT2D eigenvalue weighted by molar-refractivity contribution is 9.09. The van der Waals surface area contributed by atoms with E-state index in [1.54, 1.807) is 0 Å². The molecule has 70 valence electrons. The molecule has 5 heteroatoms. The van der Waals surface area contributed by atoms with E-state index in [4.69, 9.17) is 9.84 Å². The summed E-state index contributed by atoms with van der Waals surface area (Å²) in [7, 11) is 0. The van der Waals surface area contributed by atoms with Crippen molar-refractivity contribution >= 4 is 22.0 Å². The van der Waals surface area contributed by atoms with Crippen LogP contribution in [0.3, 0.4) is 0 Å². The zero-order valence-electron chi connectivity index (χ0n) is 6.86. The predicted octanol–water partition coefficient (Wildman–Crippen LogP) is 1.15. The second kappa shape index (κ2) is 4.09. The van der Waals surface area contributed by atoms with Crippen LogP contribution >= 0.6 is 15.9 Å². The molecule has 2 atom stereocenters. The van der Waals surface area contributed by atoms with Gasteiger partial charge in [0.2, 0.25) is 0 Å². The fourth-order valence-electron chi connectivity index (χ4n) is 1.18. The molecule has 0 radical (unpaired) electrons. The molecule has 0 aliphatic carbocycles. The van der Waals surface area contributed by atoms with Crippen LogP contribution < -0.4 is 0 Å². The van der Waals surface area contributed by atoms with E-state index < -0.39 is 6.09 Å². The Balaban J connectivity index is 2.53. The summed E-state index contributed by atoms with van der Waals surface area (Å²) in [6, 6.07) is -0.0298. The average Bonchev–Trinajstić information content (AvgIpc) is 2.05. The quantitative estimate of drug-likeness (QED) is 0.697. The van der Waals surface area contributed by atoms with Gasteiger partial charge in [0.1, 0.15) is 0 Å². The van der Waals surface area contributed by atoms with Gasteiger partial charge < -0.3 is 14.7 Å². The zero-order valence-corrected chi connectivity index (χ0v) is 8.45. The van der Waals surface area contributed by atoms with Gasteiger partial charge in [-0.1, -0.05) is 15.9 Å². The first-order valence-electron chi connectivity index (χ1n) is 3.82. The van der Waals surface area contributed by atoms with Gasteiger partial charge in [0, 0.05) is 5.33 Å². The van der Waals surface area contributed by atoms with Gasteiger partial charge in [0.05, 0.1) is 25.3 Å². The summed E-state index contributed by atoms with van der Waals surface area (Å²) in [5, 5.41) is 9.46. The first-order chi connectivity index (χ1) is 5.65. The minimum Gasteiger partial charge on any atom is -0.465 e. The molecular formula is C7H12BrNO3. The standard InChI is InChI=1S/C7H12BrNO3/c1-5-4-12-6(2-8)3-9(5)7(10)11/h5-6H,2-4H2,1H3,(H,10,11)/t5-,6-/m0/s1. The summed E-state index contributed by atoms with van der Waals surface area (Å²) >= 11 is 3.26. The molecule has 0 aromatic rings. The first-order valence-corrected chi connectivity index (χ1v) is 4.94. The highest BCUT2D eigenvalue weighted by Gasteiger charge is 2.28. The number of carboxylic acid groups (broad SMARTS) is 1. The third kappa shape index (κ3) is 2.10. The molecule has 1 fully saturated rings. The molecule has 1 amide bonds. The van der Waals surface area contributed by atoms with Gasteiger partial charge in [0.25, 0.3) is 0 Å². The summed E-state index contributed by atoms with van der Waals surface area (Å²) in [5.41, 5.74) is 0. The number of ether oxygens (including phenoxy) is 1. The maximum atomic E-state index is 10.7. The summed E-state index contributed by atoms with van der Waals surface area (Å²) in [6.07, 6.45) is -0.867. The maximum absolute atomic E-state index is 10.7. The van der Waals surface area contributed by atoms with Crippen LogP contribution in [0, 0.1) is 0 Å². The number of hydrogen-bond donors (Lipinski definition) is 1. The van der Waals surface area contributed by atoms with Gasteiger partial charge in [-0.15, -0.1) is 0 Å². The van der Waals surface area contributed by atoms with Crippen molar-refractivity contribution in [2.45, 2.75) is 19.1 Å². The third-order valence-corrected chi connectivity index (χ3v) is 2.65. The lowest BCUT2D eigenvalue weighted by atomic mass is 10.2. The Labute approximate surface area is 79.6 Å². The molecule has 12 heavy (non-hydrogen) atoms. The van der Waals surface area contributed by atoms with E-state index in [-0.39, 0.29) is 12.1 Å². The predicted molar refractivity (Wildman–Crippen MR) is 47.7 cm³/mol. The lowest BCUT2D eigenvalue weighted by Gasteiger charge is -2.35. The second-order valence-electron chi connectivity index (χ2n) is 2.89. The second-order valence-corrected chi connectivity index (χ2v) is 3.54. The topological polar surface area (TPSA) is 49.8 Å². The van der Waals surface area contributed by atoms with E-state index in [1.807, 2.05) is 6.92 Å². The van der Waals surface area contributed by atoms with E-state index in [2.05, 4.69) is 15.9 Å².